The highest BCUT2D eigenvalue weighted by atomic mass is 35.7. The van der Waals surface area contributed by atoms with E-state index >= 15 is 0 Å². The molecule has 1 amide bonds. The van der Waals surface area contributed by atoms with Crippen LogP contribution in [0.3, 0.4) is 0 Å². The summed E-state index contributed by atoms with van der Waals surface area (Å²) in [6, 6.07) is 1.53. The Bertz CT molecular complexity index is 579. The summed E-state index contributed by atoms with van der Waals surface area (Å²) in [6.07, 6.45) is 3.32. The molecule has 1 aromatic rings. The normalized spacial score (nSPS) is 20.4. The summed E-state index contributed by atoms with van der Waals surface area (Å²) < 4.78 is 24.0. The molecule has 5 nitrogen and oxygen atoms in total. The SMILES string of the molecule is CC1CCCN1C(=O)c1cc(S(=O)(=O)Cl)cn1C. The van der Waals surface area contributed by atoms with Gasteiger partial charge >= 0.3 is 0 Å². The number of amides is 1. The Kier molecular flexibility index (Phi) is 3.42. The predicted octanol–water partition coefficient (Wildman–Crippen LogP) is 1.58. The molecule has 2 heterocycles. The lowest BCUT2D eigenvalue weighted by Crippen LogP contribution is -2.34. The van der Waals surface area contributed by atoms with E-state index in [9.17, 15) is 13.2 Å². The number of aromatic nitrogens is 1. The molecule has 1 aliphatic heterocycles. The molecule has 7 heteroatoms. The van der Waals surface area contributed by atoms with Crippen molar-refractivity contribution in [2.75, 3.05) is 6.54 Å². The second-order valence-corrected chi connectivity index (χ2v) is 7.17. The number of rotatable bonds is 2. The number of likely N-dealkylation sites (tertiary alicyclic amines) is 1. The fourth-order valence-corrected chi connectivity index (χ4v) is 3.05. The Morgan fingerprint density at radius 1 is 1.50 bits per heavy atom. The van der Waals surface area contributed by atoms with Crippen LogP contribution in [-0.4, -0.2) is 36.4 Å². The summed E-state index contributed by atoms with van der Waals surface area (Å²) in [5.74, 6) is -0.144. The number of hydrogen-bond donors (Lipinski definition) is 0. The Morgan fingerprint density at radius 3 is 2.61 bits per heavy atom. The van der Waals surface area contributed by atoms with Gasteiger partial charge in [-0.2, -0.15) is 0 Å². The lowest BCUT2D eigenvalue weighted by molar-refractivity contribution is 0.0738. The maximum absolute atomic E-state index is 12.3. The molecule has 0 saturated carbocycles. The molecule has 0 N–H and O–H groups in total. The summed E-state index contributed by atoms with van der Waals surface area (Å²) >= 11 is 0. The first kappa shape index (κ1) is 13.4. The molecule has 1 unspecified atom stereocenters. The van der Waals surface area contributed by atoms with Crippen LogP contribution in [0.15, 0.2) is 17.2 Å². The smallest absolute Gasteiger partial charge is 0.270 e. The van der Waals surface area contributed by atoms with Gasteiger partial charge in [-0.3, -0.25) is 4.79 Å². The van der Waals surface area contributed by atoms with Crippen LogP contribution < -0.4 is 0 Å². The minimum Gasteiger partial charge on any atom is -0.345 e. The molecule has 1 atom stereocenters. The quantitative estimate of drug-likeness (QED) is 0.777. The van der Waals surface area contributed by atoms with Gasteiger partial charge in [0.05, 0.1) is 0 Å². The third-order valence-corrected chi connectivity index (χ3v) is 4.62. The van der Waals surface area contributed by atoms with E-state index in [1.165, 1.54) is 16.8 Å². The zero-order valence-corrected chi connectivity index (χ0v) is 11.8. The summed E-state index contributed by atoms with van der Waals surface area (Å²) in [7, 11) is 3.11. The van der Waals surface area contributed by atoms with E-state index in [0.717, 1.165) is 12.8 Å². The highest BCUT2D eigenvalue weighted by molar-refractivity contribution is 8.13. The predicted molar refractivity (Wildman–Crippen MR) is 68.2 cm³/mol. The van der Waals surface area contributed by atoms with Crippen molar-refractivity contribution in [2.45, 2.75) is 30.7 Å². The van der Waals surface area contributed by atoms with Crippen LogP contribution >= 0.6 is 10.7 Å². The molecular weight excluding hydrogens is 276 g/mol. The summed E-state index contributed by atoms with van der Waals surface area (Å²) in [4.78, 5) is 14.0. The monoisotopic (exact) mass is 290 g/mol. The minimum atomic E-state index is -3.79. The molecule has 0 bridgehead atoms. The lowest BCUT2D eigenvalue weighted by Gasteiger charge is -2.21. The second kappa shape index (κ2) is 4.59. The molecule has 1 fully saturated rings. The zero-order valence-electron chi connectivity index (χ0n) is 10.3. The second-order valence-electron chi connectivity index (χ2n) is 4.60. The van der Waals surface area contributed by atoms with Crippen LogP contribution in [0.5, 0.6) is 0 Å². The van der Waals surface area contributed by atoms with Gasteiger partial charge in [0.1, 0.15) is 10.6 Å². The Hall–Kier alpha value is -1.01. The molecule has 0 aliphatic carbocycles. The Labute approximate surface area is 111 Å². The standard InChI is InChI=1S/C11H15ClN2O3S/c1-8-4-3-5-14(8)11(15)10-6-9(7-13(10)2)18(12,16)17/h6-8H,3-5H2,1-2H3. The van der Waals surface area contributed by atoms with Crippen LogP contribution in [-0.2, 0) is 16.1 Å². The van der Waals surface area contributed by atoms with Crippen LogP contribution in [0.4, 0.5) is 0 Å². The van der Waals surface area contributed by atoms with E-state index in [1.54, 1.807) is 11.9 Å². The molecule has 2 rings (SSSR count). The van der Waals surface area contributed by atoms with Gasteiger partial charge in [-0.05, 0) is 25.8 Å². The van der Waals surface area contributed by atoms with E-state index in [1.807, 2.05) is 6.92 Å². The summed E-state index contributed by atoms with van der Waals surface area (Å²) in [5.41, 5.74) is 0.350. The maximum atomic E-state index is 12.3. The maximum Gasteiger partial charge on any atom is 0.270 e. The van der Waals surface area contributed by atoms with Crippen molar-refractivity contribution in [3.63, 3.8) is 0 Å². The summed E-state index contributed by atoms with van der Waals surface area (Å²) in [5, 5.41) is 0. The molecule has 1 aliphatic rings. The van der Waals surface area contributed by atoms with Gasteiger partial charge in [-0.1, -0.05) is 0 Å². The van der Waals surface area contributed by atoms with Crippen LogP contribution in [0.25, 0.3) is 0 Å². The van der Waals surface area contributed by atoms with E-state index in [4.69, 9.17) is 10.7 Å². The number of aryl methyl sites for hydroxylation is 1. The van der Waals surface area contributed by atoms with E-state index in [-0.39, 0.29) is 16.8 Å². The van der Waals surface area contributed by atoms with Gasteiger partial charge in [0.15, 0.2) is 0 Å². The van der Waals surface area contributed by atoms with Crippen molar-refractivity contribution in [1.29, 1.82) is 0 Å². The van der Waals surface area contributed by atoms with Crippen molar-refractivity contribution in [3.8, 4) is 0 Å². The molecule has 1 aromatic heterocycles. The number of halogens is 1. The Balaban J connectivity index is 2.34. The van der Waals surface area contributed by atoms with Crippen molar-refractivity contribution in [2.24, 2.45) is 7.05 Å². The third-order valence-electron chi connectivity index (χ3n) is 3.29. The van der Waals surface area contributed by atoms with Crippen molar-refractivity contribution in [1.82, 2.24) is 9.47 Å². The largest absolute Gasteiger partial charge is 0.345 e. The first-order valence-corrected chi connectivity index (χ1v) is 8.03. The van der Waals surface area contributed by atoms with Crippen molar-refractivity contribution < 1.29 is 13.2 Å². The molecular formula is C11H15ClN2O3S. The lowest BCUT2D eigenvalue weighted by atomic mass is 10.2. The summed E-state index contributed by atoms with van der Waals surface area (Å²) in [6.45, 7) is 2.71. The number of hydrogen-bond acceptors (Lipinski definition) is 3. The first-order valence-electron chi connectivity index (χ1n) is 5.72. The van der Waals surface area contributed by atoms with Crippen molar-refractivity contribution >= 4 is 25.6 Å². The molecule has 0 aromatic carbocycles. The highest BCUT2D eigenvalue weighted by Crippen LogP contribution is 2.23. The number of carbonyl (C=O) groups excluding carboxylic acids is 1. The van der Waals surface area contributed by atoms with Gasteiger partial charge in [-0.25, -0.2) is 8.42 Å². The van der Waals surface area contributed by atoms with Gasteiger partial charge in [-0.15, -0.1) is 0 Å². The average Bonchev–Trinajstić information content (AvgIpc) is 2.82. The highest BCUT2D eigenvalue weighted by Gasteiger charge is 2.28. The number of carbonyl (C=O) groups is 1. The number of nitrogens with zero attached hydrogens (tertiary/aromatic N) is 2. The van der Waals surface area contributed by atoms with E-state index in [0.29, 0.717) is 12.2 Å². The van der Waals surface area contributed by atoms with E-state index in [2.05, 4.69) is 0 Å². The minimum absolute atomic E-state index is 0.0399. The van der Waals surface area contributed by atoms with Gasteiger partial charge in [0.2, 0.25) is 0 Å². The fourth-order valence-electron chi connectivity index (χ4n) is 2.26. The van der Waals surface area contributed by atoms with Crippen molar-refractivity contribution in [3.05, 3.63) is 18.0 Å². The Morgan fingerprint density at radius 2 is 2.17 bits per heavy atom. The molecule has 0 spiro atoms. The third kappa shape index (κ3) is 2.40. The fraction of sp³-hybridized carbons (Fsp3) is 0.545. The van der Waals surface area contributed by atoms with Crippen LogP contribution in [0.1, 0.15) is 30.3 Å². The first-order chi connectivity index (χ1) is 8.30. The zero-order chi connectivity index (χ0) is 13.5. The van der Waals surface area contributed by atoms with Gasteiger partial charge in [0.25, 0.3) is 15.0 Å². The molecule has 0 radical (unpaired) electrons. The van der Waals surface area contributed by atoms with Crippen LogP contribution in [0.2, 0.25) is 0 Å². The van der Waals surface area contributed by atoms with E-state index < -0.39 is 9.05 Å². The average molecular weight is 291 g/mol. The molecule has 1 saturated heterocycles. The van der Waals surface area contributed by atoms with Crippen LogP contribution in [0, 0.1) is 0 Å². The molecule has 18 heavy (non-hydrogen) atoms. The molecule has 100 valence electrons. The van der Waals surface area contributed by atoms with Gasteiger partial charge in [0, 0.05) is 36.5 Å². The topological polar surface area (TPSA) is 59.4 Å². The van der Waals surface area contributed by atoms with Gasteiger partial charge < -0.3 is 9.47 Å².